The molecule has 0 spiro atoms. The minimum atomic E-state index is -0.599. The van der Waals surface area contributed by atoms with Crippen molar-refractivity contribution in [1.82, 2.24) is 5.32 Å². The van der Waals surface area contributed by atoms with Crippen LogP contribution in [0.3, 0.4) is 0 Å². The van der Waals surface area contributed by atoms with Crippen molar-refractivity contribution in [2.24, 2.45) is 0 Å². The SMILES string of the molecule is Cc1c(I)c(C)c(NC(=O)OC(C)(C)C)c(C)c1CNC(=O)OCC1c2ccccc2-c2ccccc21. The Morgan fingerprint density at radius 3 is 2.00 bits per heavy atom. The first kappa shape index (κ1) is 27.0. The molecule has 2 amide bonds. The second-order valence-corrected chi connectivity index (χ2v) is 11.4. The second-order valence-electron chi connectivity index (χ2n) is 10.3. The van der Waals surface area contributed by atoms with E-state index in [1.807, 2.05) is 65.8 Å². The highest BCUT2D eigenvalue weighted by molar-refractivity contribution is 14.1. The molecule has 3 aromatic rings. The van der Waals surface area contributed by atoms with Gasteiger partial charge in [-0.2, -0.15) is 0 Å². The van der Waals surface area contributed by atoms with E-state index in [4.69, 9.17) is 9.47 Å². The first-order valence-electron chi connectivity index (χ1n) is 12.3. The molecule has 0 atom stereocenters. The van der Waals surface area contributed by atoms with E-state index in [1.54, 1.807) is 0 Å². The first-order valence-corrected chi connectivity index (χ1v) is 13.4. The summed E-state index contributed by atoms with van der Waals surface area (Å²) in [7, 11) is 0. The van der Waals surface area contributed by atoms with Crippen molar-refractivity contribution < 1.29 is 19.1 Å². The summed E-state index contributed by atoms with van der Waals surface area (Å²) in [6.07, 6.45) is -0.980. The van der Waals surface area contributed by atoms with Crippen LogP contribution in [0.4, 0.5) is 15.3 Å². The highest BCUT2D eigenvalue weighted by atomic mass is 127. The zero-order valence-corrected chi connectivity index (χ0v) is 24.3. The number of carbonyl (C=O) groups is 2. The van der Waals surface area contributed by atoms with E-state index in [2.05, 4.69) is 57.5 Å². The average Bonchev–Trinajstić information content (AvgIpc) is 3.17. The van der Waals surface area contributed by atoms with Gasteiger partial charge in [-0.05, 0) is 109 Å². The minimum Gasteiger partial charge on any atom is -0.449 e. The summed E-state index contributed by atoms with van der Waals surface area (Å²) in [5, 5.41) is 5.81. The third-order valence-electron chi connectivity index (χ3n) is 6.69. The standard InChI is InChI=1S/C30H33IN2O4/c1-17-24(18(2)27(19(3)26(17)31)33-29(35)37-30(4,5)6)15-32-28(34)36-16-25-22-13-9-7-11-20(22)21-12-8-10-14-23(21)25/h7-14,25H,15-16H2,1-6H3,(H,32,34)(H,33,35). The number of rotatable bonds is 5. The first-order chi connectivity index (χ1) is 17.5. The van der Waals surface area contributed by atoms with Crippen molar-refractivity contribution in [2.75, 3.05) is 11.9 Å². The molecule has 6 nitrogen and oxygen atoms in total. The average molecular weight is 613 g/mol. The highest BCUT2D eigenvalue weighted by Crippen LogP contribution is 2.44. The quantitative estimate of drug-likeness (QED) is 0.291. The summed E-state index contributed by atoms with van der Waals surface area (Å²) >= 11 is 2.28. The predicted octanol–water partition coefficient (Wildman–Crippen LogP) is 7.60. The van der Waals surface area contributed by atoms with Crippen LogP contribution < -0.4 is 10.6 Å². The van der Waals surface area contributed by atoms with Gasteiger partial charge in [-0.3, -0.25) is 5.32 Å². The molecule has 7 heteroatoms. The van der Waals surface area contributed by atoms with Crippen LogP contribution in [0.5, 0.6) is 0 Å². The van der Waals surface area contributed by atoms with Crippen molar-refractivity contribution in [1.29, 1.82) is 0 Å². The zero-order valence-electron chi connectivity index (χ0n) is 22.1. The van der Waals surface area contributed by atoms with Gasteiger partial charge in [0.1, 0.15) is 12.2 Å². The van der Waals surface area contributed by atoms with Crippen LogP contribution in [-0.4, -0.2) is 24.4 Å². The molecule has 0 saturated carbocycles. The van der Waals surface area contributed by atoms with Crippen LogP contribution in [0.2, 0.25) is 0 Å². The number of benzene rings is 3. The number of anilines is 1. The number of fused-ring (bicyclic) bond motifs is 3. The Kier molecular flexibility index (Phi) is 7.83. The smallest absolute Gasteiger partial charge is 0.412 e. The lowest BCUT2D eigenvalue weighted by atomic mass is 9.97. The van der Waals surface area contributed by atoms with Gasteiger partial charge in [-0.15, -0.1) is 0 Å². The van der Waals surface area contributed by atoms with Gasteiger partial charge in [0.05, 0.1) is 5.69 Å². The van der Waals surface area contributed by atoms with Gasteiger partial charge in [-0.25, -0.2) is 9.59 Å². The molecule has 0 unspecified atom stereocenters. The largest absolute Gasteiger partial charge is 0.449 e. The molecule has 0 bridgehead atoms. The monoisotopic (exact) mass is 612 g/mol. The van der Waals surface area contributed by atoms with Crippen LogP contribution in [0.25, 0.3) is 11.1 Å². The molecular formula is C30H33IN2O4. The number of nitrogens with one attached hydrogen (secondary N) is 2. The van der Waals surface area contributed by atoms with Gasteiger partial charge in [-0.1, -0.05) is 48.5 Å². The maximum absolute atomic E-state index is 12.8. The minimum absolute atomic E-state index is 0.00609. The molecule has 37 heavy (non-hydrogen) atoms. The maximum atomic E-state index is 12.8. The van der Waals surface area contributed by atoms with E-state index in [0.29, 0.717) is 5.69 Å². The lowest BCUT2D eigenvalue weighted by Crippen LogP contribution is -2.29. The topological polar surface area (TPSA) is 76.7 Å². The van der Waals surface area contributed by atoms with Gasteiger partial charge in [0.25, 0.3) is 0 Å². The molecule has 1 aliphatic rings. The fourth-order valence-corrected chi connectivity index (χ4v) is 5.50. The lowest BCUT2D eigenvalue weighted by molar-refractivity contribution is 0.0635. The number of hydrogen-bond donors (Lipinski definition) is 2. The van der Waals surface area contributed by atoms with Crippen molar-refractivity contribution in [2.45, 2.75) is 59.6 Å². The van der Waals surface area contributed by atoms with E-state index in [9.17, 15) is 9.59 Å². The van der Waals surface area contributed by atoms with Crippen LogP contribution in [-0.2, 0) is 16.0 Å². The highest BCUT2D eigenvalue weighted by Gasteiger charge is 2.29. The van der Waals surface area contributed by atoms with Gasteiger partial charge < -0.3 is 14.8 Å². The summed E-state index contributed by atoms with van der Waals surface area (Å²) in [6, 6.07) is 16.5. The Morgan fingerprint density at radius 1 is 0.865 bits per heavy atom. The summed E-state index contributed by atoms with van der Waals surface area (Å²) in [5.41, 5.74) is 8.69. The van der Waals surface area contributed by atoms with Crippen molar-refractivity contribution in [3.63, 3.8) is 0 Å². The van der Waals surface area contributed by atoms with E-state index in [1.165, 1.54) is 22.3 Å². The molecule has 0 aromatic heterocycles. The molecule has 0 aliphatic heterocycles. The molecule has 0 heterocycles. The van der Waals surface area contributed by atoms with Crippen molar-refractivity contribution >= 4 is 40.5 Å². The molecule has 3 aromatic carbocycles. The van der Waals surface area contributed by atoms with E-state index < -0.39 is 17.8 Å². The Balaban J connectivity index is 1.46. The van der Waals surface area contributed by atoms with Gasteiger partial charge >= 0.3 is 12.2 Å². The Bertz CT molecular complexity index is 1310. The Labute approximate surface area is 232 Å². The van der Waals surface area contributed by atoms with Crippen LogP contribution in [0, 0.1) is 24.3 Å². The predicted molar refractivity (Wildman–Crippen MR) is 155 cm³/mol. The molecule has 0 saturated heterocycles. The van der Waals surface area contributed by atoms with Gasteiger partial charge in [0.15, 0.2) is 0 Å². The normalized spacial score (nSPS) is 12.5. The fraction of sp³-hybridized carbons (Fsp3) is 0.333. The molecule has 2 N–H and O–H groups in total. The van der Waals surface area contributed by atoms with E-state index >= 15 is 0 Å². The molecule has 4 rings (SSSR count). The Hall–Kier alpha value is -3.07. The summed E-state index contributed by atoms with van der Waals surface area (Å²) in [5.74, 6) is 0.00609. The van der Waals surface area contributed by atoms with Crippen molar-refractivity contribution in [3.8, 4) is 11.1 Å². The van der Waals surface area contributed by atoms with Crippen molar-refractivity contribution in [3.05, 3.63) is 85.5 Å². The lowest BCUT2D eigenvalue weighted by Gasteiger charge is -2.23. The molecule has 0 radical (unpaired) electrons. The number of hydrogen-bond acceptors (Lipinski definition) is 4. The number of carbonyl (C=O) groups excluding carboxylic acids is 2. The fourth-order valence-electron chi connectivity index (χ4n) is 4.91. The number of amides is 2. The number of halogens is 1. The Morgan fingerprint density at radius 2 is 1.43 bits per heavy atom. The third kappa shape index (κ3) is 5.76. The number of ether oxygens (including phenoxy) is 2. The molecule has 0 fully saturated rings. The molecular weight excluding hydrogens is 579 g/mol. The van der Waals surface area contributed by atoms with Crippen LogP contribution >= 0.6 is 22.6 Å². The third-order valence-corrected chi connectivity index (χ3v) is 8.31. The van der Waals surface area contributed by atoms with Crippen LogP contribution in [0.15, 0.2) is 48.5 Å². The summed E-state index contributed by atoms with van der Waals surface area (Å²) < 4.78 is 12.2. The van der Waals surface area contributed by atoms with Gasteiger partial charge in [0.2, 0.25) is 0 Å². The number of alkyl carbamates (subject to hydrolysis) is 1. The molecule has 1 aliphatic carbocycles. The van der Waals surface area contributed by atoms with E-state index in [0.717, 1.165) is 25.8 Å². The van der Waals surface area contributed by atoms with Crippen LogP contribution in [0.1, 0.15) is 60.1 Å². The maximum Gasteiger partial charge on any atom is 0.412 e. The summed E-state index contributed by atoms with van der Waals surface area (Å²) in [4.78, 5) is 25.2. The van der Waals surface area contributed by atoms with Gasteiger partial charge in [0, 0.05) is 16.0 Å². The second kappa shape index (κ2) is 10.7. The summed E-state index contributed by atoms with van der Waals surface area (Å²) in [6.45, 7) is 12.0. The zero-order chi connectivity index (χ0) is 26.9. The molecule has 194 valence electrons. The van der Waals surface area contributed by atoms with E-state index in [-0.39, 0.29) is 19.1 Å².